The van der Waals surface area contributed by atoms with Gasteiger partial charge in [0.25, 0.3) is 0 Å². The summed E-state index contributed by atoms with van der Waals surface area (Å²) < 4.78 is 23.8. The van der Waals surface area contributed by atoms with Gasteiger partial charge in [-0.3, -0.25) is 4.90 Å². The number of hydrogen-bond donors (Lipinski definition) is 0. The monoisotopic (exact) mass is 332 g/mol. The lowest BCUT2D eigenvalue weighted by molar-refractivity contribution is 0.0430. The highest BCUT2D eigenvalue weighted by Gasteiger charge is 2.29. The molecular formula is C18H37FN2O2. The highest BCUT2D eigenvalue weighted by atomic mass is 19.1. The van der Waals surface area contributed by atoms with Crippen molar-refractivity contribution in [3.8, 4) is 0 Å². The van der Waals surface area contributed by atoms with Gasteiger partial charge in [-0.05, 0) is 67.6 Å². The summed E-state index contributed by atoms with van der Waals surface area (Å²) in [5.41, 5.74) is 0. The molecule has 23 heavy (non-hydrogen) atoms. The van der Waals surface area contributed by atoms with Crippen molar-refractivity contribution < 1.29 is 13.9 Å². The molecule has 0 saturated carbocycles. The van der Waals surface area contributed by atoms with Gasteiger partial charge in [0.2, 0.25) is 0 Å². The first kappa shape index (κ1) is 20.8. The van der Waals surface area contributed by atoms with Gasteiger partial charge < -0.3 is 14.4 Å². The van der Waals surface area contributed by atoms with Crippen molar-refractivity contribution in [2.75, 3.05) is 40.4 Å². The summed E-state index contributed by atoms with van der Waals surface area (Å²) in [5, 5.41) is 0. The second-order valence-corrected chi connectivity index (χ2v) is 7.47. The molecule has 0 aromatic carbocycles. The first-order valence-corrected chi connectivity index (χ1v) is 9.07. The Labute approximate surface area is 142 Å². The molecule has 0 bridgehead atoms. The van der Waals surface area contributed by atoms with E-state index >= 15 is 0 Å². The van der Waals surface area contributed by atoms with E-state index in [1.54, 1.807) is 0 Å². The van der Waals surface area contributed by atoms with Crippen molar-refractivity contribution in [3.05, 3.63) is 0 Å². The summed E-state index contributed by atoms with van der Waals surface area (Å²) in [6.45, 7) is 11.6. The summed E-state index contributed by atoms with van der Waals surface area (Å²) >= 11 is 0. The van der Waals surface area contributed by atoms with Gasteiger partial charge in [-0.25, -0.2) is 4.39 Å². The summed E-state index contributed by atoms with van der Waals surface area (Å²) in [5.74, 6) is 0. The van der Waals surface area contributed by atoms with E-state index in [2.05, 4.69) is 25.8 Å². The van der Waals surface area contributed by atoms with E-state index in [0.29, 0.717) is 31.7 Å². The highest BCUT2D eigenvalue weighted by molar-refractivity contribution is 4.82. The van der Waals surface area contributed by atoms with Crippen molar-refractivity contribution in [2.45, 2.75) is 77.4 Å². The van der Waals surface area contributed by atoms with Crippen LogP contribution in [0.25, 0.3) is 0 Å². The molecule has 0 spiro atoms. The van der Waals surface area contributed by atoms with Crippen LogP contribution in [0.3, 0.4) is 0 Å². The van der Waals surface area contributed by atoms with Gasteiger partial charge in [-0.15, -0.1) is 0 Å². The van der Waals surface area contributed by atoms with Crippen LogP contribution in [0, 0.1) is 0 Å². The van der Waals surface area contributed by atoms with Gasteiger partial charge in [0.15, 0.2) is 0 Å². The predicted molar refractivity (Wildman–Crippen MR) is 93.8 cm³/mol. The van der Waals surface area contributed by atoms with E-state index in [1.165, 1.54) is 19.4 Å². The molecular weight excluding hydrogens is 295 g/mol. The van der Waals surface area contributed by atoms with Gasteiger partial charge in [-0.2, -0.15) is 0 Å². The van der Waals surface area contributed by atoms with Crippen LogP contribution in [0.4, 0.5) is 4.39 Å². The van der Waals surface area contributed by atoms with E-state index in [0.717, 1.165) is 6.61 Å². The maximum absolute atomic E-state index is 12.9. The molecule has 5 heteroatoms. The van der Waals surface area contributed by atoms with Crippen molar-refractivity contribution >= 4 is 0 Å². The molecule has 4 nitrogen and oxygen atoms in total. The molecule has 2 heterocycles. The maximum atomic E-state index is 12.9. The van der Waals surface area contributed by atoms with Crippen LogP contribution in [0.1, 0.15) is 47.0 Å². The average molecular weight is 333 g/mol. The minimum atomic E-state index is -0.657. The Morgan fingerprint density at radius 1 is 0.957 bits per heavy atom. The van der Waals surface area contributed by atoms with E-state index in [-0.39, 0.29) is 12.1 Å². The van der Waals surface area contributed by atoms with Crippen LogP contribution >= 0.6 is 0 Å². The van der Waals surface area contributed by atoms with Crippen LogP contribution in [0.5, 0.6) is 0 Å². The molecule has 2 saturated heterocycles. The summed E-state index contributed by atoms with van der Waals surface area (Å²) in [4.78, 5) is 4.43. The minimum absolute atomic E-state index is 0.247. The Bertz CT molecular complexity index is 315. The third kappa shape index (κ3) is 8.43. The largest absolute Gasteiger partial charge is 0.377 e. The Balaban J connectivity index is 0.000000231. The van der Waals surface area contributed by atoms with Crippen LogP contribution in [-0.4, -0.2) is 80.7 Å². The first-order valence-electron chi connectivity index (χ1n) is 9.07. The Morgan fingerprint density at radius 3 is 1.91 bits per heavy atom. The van der Waals surface area contributed by atoms with Crippen molar-refractivity contribution in [2.24, 2.45) is 0 Å². The van der Waals surface area contributed by atoms with Gasteiger partial charge in [0, 0.05) is 18.6 Å². The predicted octanol–water partition coefficient (Wildman–Crippen LogP) is 2.96. The SMILES string of the molecule is CC(C)OC[C@@H]1CC(F)CN1C.CC(C)OC[C@@H]1CCCN1C. The quantitative estimate of drug-likeness (QED) is 0.747. The molecule has 3 atom stereocenters. The van der Waals surface area contributed by atoms with Crippen molar-refractivity contribution in [1.82, 2.24) is 9.80 Å². The number of likely N-dealkylation sites (tertiary alicyclic amines) is 2. The fourth-order valence-electron chi connectivity index (χ4n) is 3.00. The minimum Gasteiger partial charge on any atom is -0.377 e. The average Bonchev–Trinajstić information content (AvgIpc) is 3.00. The molecule has 138 valence electrons. The lowest BCUT2D eigenvalue weighted by Gasteiger charge is -2.20. The Morgan fingerprint density at radius 2 is 1.52 bits per heavy atom. The topological polar surface area (TPSA) is 24.9 Å². The zero-order chi connectivity index (χ0) is 17.4. The number of hydrogen-bond acceptors (Lipinski definition) is 4. The van der Waals surface area contributed by atoms with Gasteiger partial charge in [-0.1, -0.05) is 0 Å². The summed E-state index contributed by atoms with van der Waals surface area (Å²) in [6.07, 6.45) is 3.24. The molecule has 2 fully saturated rings. The lowest BCUT2D eigenvalue weighted by Crippen LogP contribution is -2.30. The fraction of sp³-hybridized carbons (Fsp3) is 1.00. The molecule has 0 amide bonds. The van der Waals surface area contributed by atoms with E-state index in [9.17, 15) is 4.39 Å². The number of nitrogens with zero attached hydrogens (tertiary/aromatic N) is 2. The van der Waals surface area contributed by atoms with E-state index in [1.807, 2.05) is 25.8 Å². The van der Waals surface area contributed by atoms with Crippen LogP contribution in [0.2, 0.25) is 0 Å². The molecule has 1 unspecified atom stereocenters. The molecule has 2 aliphatic rings. The second-order valence-electron chi connectivity index (χ2n) is 7.47. The van der Waals surface area contributed by atoms with Gasteiger partial charge >= 0.3 is 0 Å². The third-order valence-electron chi connectivity index (χ3n) is 4.55. The van der Waals surface area contributed by atoms with Crippen molar-refractivity contribution in [1.29, 1.82) is 0 Å². The van der Waals surface area contributed by atoms with Crippen LogP contribution in [-0.2, 0) is 9.47 Å². The van der Waals surface area contributed by atoms with E-state index < -0.39 is 6.17 Å². The number of ether oxygens (including phenoxy) is 2. The van der Waals surface area contributed by atoms with Crippen LogP contribution < -0.4 is 0 Å². The maximum Gasteiger partial charge on any atom is 0.114 e. The Hall–Kier alpha value is -0.230. The zero-order valence-electron chi connectivity index (χ0n) is 15.9. The molecule has 2 rings (SSSR count). The summed E-state index contributed by atoms with van der Waals surface area (Å²) in [7, 11) is 4.13. The fourth-order valence-corrected chi connectivity index (χ4v) is 3.00. The second kappa shape index (κ2) is 10.6. The van der Waals surface area contributed by atoms with E-state index in [4.69, 9.17) is 9.47 Å². The number of alkyl halides is 1. The standard InChI is InChI=1S/C9H18FNO.C9H19NO/c1-7(2)12-6-9-4-8(10)5-11(9)3;1-8(2)11-7-9-5-4-6-10(9)3/h7-9H,4-6H2,1-3H3;8-9H,4-7H2,1-3H3/t8?,9-;9-/m00/s1. The number of likely N-dealkylation sites (N-methyl/N-ethyl adjacent to an activating group) is 2. The van der Waals surface area contributed by atoms with Gasteiger partial charge in [0.1, 0.15) is 6.17 Å². The normalized spacial score (nSPS) is 29.3. The van der Waals surface area contributed by atoms with Crippen LogP contribution in [0.15, 0.2) is 0 Å². The summed E-state index contributed by atoms with van der Waals surface area (Å²) in [6, 6.07) is 0.958. The third-order valence-corrected chi connectivity index (χ3v) is 4.55. The number of halogens is 1. The lowest BCUT2D eigenvalue weighted by atomic mass is 10.2. The molecule has 0 N–H and O–H groups in total. The molecule has 0 aromatic heterocycles. The Kier molecular flexibility index (Phi) is 9.59. The molecule has 0 radical (unpaired) electrons. The molecule has 0 aromatic rings. The smallest absolute Gasteiger partial charge is 0.114 e. The molecule has 2 aliphatic heterocycles. The highest BCUT2D eigenvalue weighted by Crippen LogP contribution is 2.18. The molecule has 0 aliphatic carbocycles. The first-order chi connectivity index (χ1) is 10.8. The van der Waals surface area contributed by atoms with Gasteiger partial charge in [0.05, 0.1) is 25.4 Å². The number of rotatable bonds is 6. The van der Waals surface area contributed by atoms with Crippen molar-refractivity contribution in [3.63, 3.8) is 0 Å². The zero-order valence-corrected chi connectivity index (χ0v) is 15.9.